The summed E-state index contributed by atoms with van der Waals surface area (Å²) in [4.78, 5) is 11.5. The highest BCUT2D eigenvalue weighted by molar-refractivity contribution is 7.89. The van der Waals surface area contributed by atoms with Crippen LogP contribution in [0.1, 0.15) is 46.5 Å². The number of esters is 1. The van der Waals surface area contributed by atoms with Crippen LogP contribution in [0.15, 0.2) is 54.6 Å². The van der Waals surface area contributed by atoms with Crippen LogP contribution < -0.4 is 0 Å². The highest BCUT2D eigenvalue weighted by Gasteiger charge is 2.40. The summed E-state index contributed by atoms with van der Waals surface area (Å²) in [6.45, 7) is 2.25. The number of nitrogens with zero attached hydrogens (tertiary/aromatic N) is 1. The van der Waals surface area contributed by atoms with Crippen LogP contribution in [0.5, 0.6) is 0 Å². The zero-order valence-corrected chi connectivity index (χ0v) is 15.8. The van der Waals surface area contributed by atoms with Gasteiger partial charge in [-0.25, -0.2) is 13.2 Å². The van der Waals surface area contributed by atoms with Crippen molar-refractivity contribution >= 4 is 16.0 Å². The summed E-state index contributed by atoms with van der Waals surface area (Å²) in [5, 5.41) is -0.505. The van der Waals surface area contributed by atoms with Gasteiger partial charge in [0.05, 0.1) is 12.7 Å². The van der Waals surface area contributed by atoms with E-state index in [0.29, 0.717) is 18.5 Å². The molecule has 0 saturated carbocycles. The van der Waals surface area contributed by atoms with E-state index in [9.17, 15) is 13.2 Å². The largest absolute Gasteiger partial charge is 0.465 e. The van der Waals surface area contributed by atoms with E-state index in [1.54, 1.807) is 28.6 Å². The molecular weight excluding hydrogens is 350 g/mol. The third-order valence-corrected chi connectivity index (χ3v) is 7.28. The van der Waals surface area contributed by atoms with Crippen molar-refractivity contribution in [2.75, 3.05) is 7.11 Å². The maximum atomic E-state index is 13.2. The van der Waals surface area contributed by atoms with E-state index in [1.165, 1.54) is 7.11 Å². The quantitative estimate of drug-likeness (QED) is 0.769. The minimum atomic E-state index is -3.45. The second kappa shape index (κ2) is 7.60. The summed E-state index contributed by atoms with van der Waals surface area (Å²) in [7, 11) is -2.12. The molecule has 1 saturated heterocycles. The fourth-order valence-electron chi connectivity index (χ4n) is 3.40. The van der Waals surface area contributed by atoms with Crippen LogP contribution in [0.25, 0.3) is 0 Å². The molecule has 1 aliphatic heterocycles. The van der Waals surface area contributed by atoms with E-state index in [0.717, 1.165) is 17.5 Å². The highest BCUT2D eigenvalue weighted by atomic mass is 32.2. The Labute approximate surface area is 154 Å². The van der Waals surface area contributed by atoms with Crippen molar-refractivity contribution in [1.82, 2.24) is 4.31 Å². The Balaban J connectivity index is 1.84. The third-order valence-electron chi connectivity index (χ3n) is 4.91. The maximum Gasteiger partial charge on any atom is 0.337 e. The van der Waals surface area contributed by atoms with Gasteiger partial charge in [-0.3, -0.25) is 0 Å². The maximum absolute atomic E-state index is 13.2. The van der Waals surface area contributed by atoms with Gasteiger partial charge in [-0.05, 0) is 43.0 Å². The van der Waals surface area contributed by atoms with Crippen LogP contribution in [0.2, 0.25) is 0 Å². The van der Waals surface area contributed by atoms with Crippen LogP contribution in [0.3, 0.4) is 0 Å². The molecule has 6 heteroatoms. The van der Waals surface area contributed by atoms with E-state index in [-0.39, 0.29) is 6.04 Å². The van der Waals surface area contributed by atoms with Crippen LogP contribution in [-0.2, 0) is 21.3 Å². The molecule has 2 aromatic rings. The molecular formula is C20H23NO4S. The van der Waals surface area contributed by atoms with Crippen molar-refractivity contribution in [3.8, 4) is 0 Å². The molecule has 0 N–H and O–H groups in total. The summed E-state index contributed by atoms with van der Waals surface area (Å²) in [6.07, 6.45) is 1.45. The van der Waals surface area contributed by atoms with Crippen LogP contribution in [0, 0.1) is 0 Å². The monoisotopic (exact) mass is 373 g/mol. The molecule has 0 spiro atoms. The van der Waals surface area contributed by atoms with Gasteiger partial charge >= 0.3 is 5.97 Å². The molecule has 0 amide bonds. The average molecular weight is 373 g/mol. The molecule has 2 atom stereocenters. The topological polar surface area (TPSA) is 63.7 Å². The van der Waals surface area contributed by atoms with Gasteiger partial charge in [0.2, 0.25) is 10.0 Å². The lowest BCUT2D eigenvalue weighted by molar-refractivity contribution is 0.0600. The summed E-state index contributed by atoms with van der Waals surface area (Å²) < 4.78 is 32.7. The smallest absolute Gasteiger partial charge is 0.337 e. The number of hydrogen-bond acceptors (Lipinski definition) is 4. The Morgan fingerprint density at radius 2 is 1.73 bits per heavy atom. The Bertz CT molecular complexity index is 862. The fraction of sp³-hybridized carbons (Fsp3) is 0.350. The standard InChI is InChI=1S/C20H23NO4S/c1-15-8-13-19(17-6-4-3-5-7-17)26(23,24)21(15)14-16-9-11-18(12-10-16)20(22)25-2/h3-7,9-12,15,19H,8,13-14H2,1-2H3/t15-,19?/m0/s1. The molecule has 1 unspecified atom stereocenters. The van der Waals surface area contributed by atoms with Crippen LogP contribution in [-0.4, -0.2) is 31.8 Å². The van der Waals surface area contributed by atoms with Gasteiger partial charge in [-0.15, -0.1) is 0 Å². The zero-order chi connectivity index (χ0) is 18.7. The lowest BCUT2D eigenvalue weighted by Crippen LogP contribution is -2.44. The number of sulfonamides is 1. The first-order valence-electron chi connectivity index (χ1n) is 8.66. The van der Waals surface area contributed by atoms with Crippen molar-refractivity contribution in [1.29, 1.82) is 0 Å². The van der Waals surface area contributed by atoms with E-state index < -0.39 is 21.2 Å². The molecule has 2 aromatic carbocycles. The summed E-state index contributed by atoms with van der Waals surface area (Å²) >= 11 is 0. The normalized spacial score (nSPS) is 22.7. The number of rotatable bonds is 4. The number of methoxy groups -OCH3 is 1. The van der Waals surface area contributed by atoms with Crippen molar-refractivity contribution in [3.63, 3.8) is 0 Å². The van der Waals surface area contributed by atoms with E-state index in [1.807, 2.05) is 37.3 Å². The summed E-state index contributed by atoms with van der Waals surface area (Å²) in [5.74, 6) is -0.403. The minimum Gasteiger partial charge on any atom is -0.465 e. The number of benzene rings is 2. The van der Waals surface area contributed by atoms with E-state index in [2.05, 4.69) is 0 Å². The number of hydrogen-bond donors (Lipinski definition) is 0. The van der Waals surface area contributed by atoms with E-state index in [4.69, 9.17) is 4.74 Å². The van der Waals surface area contributed by atoms with Gasteiger partial charge in [-0.2, -0.15) is 4.31 Å². The SMILES string of the molecule is COC(=O)c1ccc(CN2[C@@H](C)CCC(c3ccccc3)S2(=O)=O)cc1. The number of carbonyl (C=O) groups excluding carboxylic acids is 1. The Hall–Kier alpha value is -2.18. The molecule has 5 nitrogen and oxygen atoms in total. The summed E-state index contributed by atoms with van der Waals surface area (Å²) in [6, 6.07) is 16.2. The lowest BCUT2D eigenvalue weighted by atomic mass is 10.0. The molecule has 3 rings (SSSR count). The molecule has 0 radical (unpaired) electrons. The van der Waals surface area contributed by atoms with Gasteiger partial charge in [0, 0.05) is 12.6 Å². The fourth-order valence-corrected chi connectivity index (χ4v) is 5.59. The van der Waals surface area contributed by atoms with Gasteiger partial charge in [0.25, 0.3) is 0 Å². The van der Waals surface area contributed by atoms with Crippen molar-refractivity contribution in [2.24, 2.45) is 0 Å². The second-order valence-electron chi connectivity index (χ2n) is 6.60. The molecule has 138 valence electrons. The number of ether oxygens (including phenoxy) is 1. The Morgan fingerprint density at radius 3 is 2.35 bits per heavy atom. The Kier molecular flexibility index (Phi) is 5.44. The first-order valence-corrected chi connectivity index (χ1v) is 10.2. The lowest BCUT2D eigenvalue weighted by Gasteiger charge is -2.37. The molecule has 26 heavy (non-hydrogen) atoms. The second-order valence-corrected chi connectivity index (χ2v) is 8.67. The molecule has 1 heterocycles. The summed E-state index contributed by atoms with van der Waals surface area (Å²) in [5.41, 5.74) is 2.14. The predicted octanol–water partition coefficient (Wildman–Crippen LogP) is 3.53. The van der Waals surface area contributed by atoms with Crippen molar-refractivity contribution in [3.05, 3.63) is 71.3 Å². The minimum absolute atomic E-state index is 0.0553. The predicted molar refractivity (Wildman–Crippen MR) is 100 cm³/mol. The first kappa shape index (κ1) is 18.6. The Morgan fingerprint density at radius 1 is 1.08 bits per heavy atom. The van der Waals surface area contributed by atoms with Crippen molar-refractivity contribution < 1.29 is 17.9 Å². The van der Waals surface area contributed by atoms with Gasteiger partial charge in [-0.1, -0.05) is 42.5 Å². The molecule has 1 fully saturated rings. The van der Waals surface area contributed by atoms with Gasteiger partial charge < -0.3 is 4.74 Å². The van der Waals surface area contributed by atoms with Crippen LogP contribution >= 0.6 is 0 Å². The average Bonchev–Trinajstić information content (AvgIpc) is 2.65. The molecule has 0 bridgehead atoms. The van der Waals surface area contributed by atoms with Crippen molar-refractivity contribution in [2.45, 2.75) is 37.6 Å². The molecule has 0 aromatic heterocycles. The first-order chi connectivity index (χ1) is 12.4. The van der Waals surface area contributed by atoms with E-state index >= 15 is 0 Å². The molecule has 0 aliphatic carbocycles. The number of carbonyl (C=O) groups is 1. The highest BCUT2D eigenvalue weighted by Crippen LogP contribution is 2.37. The van der Waals surface area contributed by atoms with Crippen LogP contribution in [0.4, 0.5) is 0 Å². The third kappa shape index (κ3) is 3.66. The molecule has 1 aliphatic rings. The zero-order valence-electron chi connectivity index (χ0n) is 15.0. The van der Waals surface area contributed by atoms with Gasteiger partial charge in [0.15, 0.2) is 0 Å². The van der Waals surface area contributed by atoms with Gasteiger partial charge in [0.1, 0.15) is 5.25 Å².